The highest BCUT2D eigenvalue weighted by molar-refractivity contribution is 5.76. The van der Waals surface area contributed by atoms with E-state index in [1.54, 1.807) is 6.08 Å². The van der Waals surface area contributed by atoms with Gasteiger partial charge >= 0.3 is 0 Å². The number of allylic oxidation sites excluding steroid dienone is 13. The minimum absolute atomic E-state index is 0.233. The van der Waals surface area contributed by atoms with Crippen LogP contribution in [0.1, 0.15) is 367 Å². The van der Waals surface area contributed by atoms with E-state index >= 15 is 0 Å². The van der Waals surface area contributed by atoms with Crippen LogP contribution in [0.15, 0.2) is 85.1 Å². The zero-order valence-corrected chi connectivity index (χ0v) is 70.4. The molecule has 0 aliphatic carbocycles. The van der Waals surface area contributed by atoms with Crippen molar-refractivity contribution in [3.63, 3.8) is 0 Å². The Kier molecular flexibility index (Phi) is 66.3. The van der Waals surface area contributed by atoms with Gasteiger partial charge in [-0.2, -0.15) is 0 Å². The molecule has 0 aromatic heterocycles. The van der Waals surface area contributed by atoms with Gasteiger partial charge in [0.15, 0.2) is 18.9 Å². The van der Waals surface area contributed by atoms with Gasteiger partial charge in [-0.25, -0.2) is 0 Å². The molecule has 0 aromatic rings. The number of aliphatic hydroxyl groups is 11. The average molecular weight is 1590 g/mol. The highest BCUT2D eigenvalue weighted by Crippen LogP contribution is 2.34. The predicted molar refractivity (Wildman–Crippen MR) is 452 cm³/mol. The average Bonchev–Trinajstić information content (AvgIpc) is 0.781. The van der Waals surface area contributed by atoms with Crippen LogP contribution in [0.4, 0.5) is 0 Å². The molecule has 0 spiro atoms. The minimum atomic E-state index is -1.99. The molecule has 0 bridgehead atoms. The third-order valence-corrected chi connectivity index (χ3v) is 22.4. The molecular weight excluding hydrogens is 1420 g/mol. The summed E-state index contributed by atoms with van der Waals surface area (Å²) in [5.74, 6) is -0.284. The van der Waals surface area contributed by atoms with E-state index in [0.29, 0.717) is 12.8 Å². The Hall–Kier alpha value is -3.03. The van der Waals surface area contributed by atoms with Crippen LogP contribution in [0, 0.1) is 0 Å². The standard InChI is InChI=1S/C93H167NO18/c1-3-5-7-9-11-13-15-17-19-21-23-25-27-29-31-33-35-36-37-38-39-40-41-43-45-47-49-51-53-55-57-59-61-63-65-67-69-71-81(99)94-76(77(98)70-68-66-64-62-60-58-56-54-52-50-48-46-44-42-34-32-30-28-26-24-22-20-18-16-14-12-10-8-6-4-2)75-107-91-87(105)84(102)89(79(73-96)109-91)112-93-88(106)85(103)90(80(74-97)110-93)111-92-86(104)83(101)82(100)78(72-95)108-92/h5,7,11,13,17,19,23,25,52,54,60,62,68,70,76-80,82-93,95-98,100-106H,3-4,6,8-10,12,14-16,18,20-22,24,26-51,53,55-59,61,63-67,69,71-75H2,1-2H3,(H,94,99)/b7-5-,13-11-,19-17-,25-23-,54-52+,62-60+,70-68+. The summed E-state index contributed by atoms with van der Waals surface area (Å²) in [6.45, 7) is 1.65. The van der Waals surface area contributed by atoms with Crippen LogP contribution in [-0.4, -0.2) is 193 Å². The van der Waals surface area contributed by atoms with Crippen molar-refractivity contribution in [1.29, 1.82) is 0 Å². The van der Waals surface area contributed by atoms with Crippen LogP contribution in [0.25, 0.3) is 0 Å². The predicted octanol–water partition coefficient (Wildman–Crippen LogP) is 17.7. The number of nitrogens with one attached hydrogen (secondary N) is 1. The maximum atomic E-state index is 13.5. The second-order valence-electron chi connectivity index (χ2n) is 32.4. The van der Waals surface area contributed by atoms with Crippen molar-refractivity contribution in [3.8, 4) is 0 Å². The Morgan fingerprint density at radius 3 is 1.00 bits per heavy atom. The first-order valence-electron chi connectivity index (χ1n) is 45.8. The maximum Gasteiger partial charge on any atom is 0.220 e. The highest BCUT2D eigenvalue weighted by Gasteiger charge is 2.54. The quantitative estimate of drug-likeness (QED) is 0.0199. The minimum Gasteiger partial charge on any atom is -0.394 e. The van der Waals surface area contributed by atoms with Crippen molar-refractivity contribution in [2.45, 2.75) is 471 Å². The van der Waals surface area contributed by atoms with Crippen LogP contribution in [-0.2, 0) is 33.2 Å². The Morgan fingerprint density at radius 2 is 0.625 bits per heavy atom. The summed E-state index contributed by atoms with van der Waals surface area (Å²) < 4.78 is 34.5. The van der Waals surface area contributed by atoms with E-state index in [9.17, 15) is 61.0 Å². The van der Waals surface area contributed by atoms with Gasteiger partial charge < -0.3 is 89.9 Å². The first-order valence-corrected chi connectivity index (χ1v) is 45.8. The van der Waals surface area contributed by atoms with E-state index < -0.39 is 124 Å². The Bertz CT molecular complexity index is 2350. The van der Waals surface area contributed by atoms with Gasteiger partial charge in [0.05, 0.1) is 38.6 Å². The molecule has 652 valence electrons. The summed E-state index contributed by atoms with van der Waals surface area (Å²) >= 11 is 0. The third kappa shape index (κ3) is 50.0. The number of aliphatic hydroxyl groups excluding tert-OH is 11. The molecule has 0 radical (unpaired) electrons. The molecular formula is C93H167NO18. The van der Waals surface area contributed by atoms with Crippen LogP contribution in [0.2, 0.25) is 0 Å². The largest absolute Gasteiger partial charge is 0.394 e. The lowest BCUT2D eigenvalue weighted by Crippen LogP contribution is -2.66. The molecule has 3 fully saturated rings. The van der Waals surface area contributed by atoms with Crippen molar-refractivity contribution in [1.82, 2.24) is 5.32 Å². The summed E-state index contributed by atoms with van der Waals surface area (Å²) in [6.07, 6.45) is 71.8. The number of unbranched alkanes of at least 4 members (excludes halogenated alkanes) is 46. The first-order chi connectivity index (χ1) is 54.8. The first kappa shape index (κ1) is 103. The third-order valence-electron chi connectivity index (χ3n) is 22.4. The number of hydrogen-bond acceptors (Lipinski definition) is 18. The molecule has 17 unspecified atom stereocenters. The van der Waals surface area contributed by atoms with E-state index in [2.05, 4.69) is 92.1 Å². The SMILES string of the molecule is CC/C=C\C/C=C\C/C=C\C/C=C\CCCCCCCCCCCCCCCCCCCCCCCCCCC(=O)NC(COC1OC(CO)C(OC2OC(CO)C(OC3OC(CO)C(O)C(O)C3O)C(O)C2O)C(O)C1O)C(O)/C=C/CC/C=C/CC/C=C/CCCCCCCCCCCCCCCCCCCCCC. The second kappa shape index (κ2) is 72.0. The summed E-state index contributed by atoms with van der Waals surface area (Å²) in [4.78, 5) is 13.5. The fraction of sp³-hybridized carbons (Fsp3) is 0.839. The van der Waals surface area contributed by atoms with Crippen molar-refractivity contribution in [2.75, 3.05) is 26.4 Å². The summed E-state index contributed by atoms with van der Waals surface area (Å²) in [5.41, 5.74) is 0. The van der Waals surface area contributed by atoms with Crippen LogP contribution < -0.4 is 5.32 Å². The molecule has 12 N–H and O–H groups in total. The molecule has 3 rings (SSSR count). The van der Waals surface area contributed by atoms with Gasteiger partial charge in [0.2, 0.25) is 5.91 Å². The van der Waals surface area contributed by atoms with Crippen LogP contribution in [0.3, 0.4) is 0 Å². The summed E-state index contributed by atoms with van der Waals surface area (Å²) in [7, 11) is 0. The molecule has 3 heterocycles. The van der Waals surface area contributed by atoms with Gasteiger partial charge in [-0.05, 0) is 83.5 Å². The van der Waals surface area contributed by atoms with Gasteiger partial charge in [0.25, 0.3) is 0 Å². The van der Waals surface area contributed by atoms with Gasteiger partial charge in [0, 0.05) is 6.42 Å². The van der Waals surface area contributed by atoms with E-state index in [0.717, 1.165) is 70.6 Å². The molecule has 1 amide bonds. The van der Waals surface area contributed by atoms with Crippen molar-refractivity contribution in [2.24, 2.45) is 0 Å². The van der Waals surface area contributed by atoms with Gasteiger partial charge in [-0.1, -0.05) is 362 Å². The number of amides is 1. The van der Waals surface area contributed by atoms with Crippen molar-refractivity contribution < 1.29 is 89.4 Å². The van der Waals surface area contributed by atoms with E-state index in [4.69, 9.17) is 28.4 Å². The van der Waals surface area contributed by atoms with Crippen LogP contribution in [0.5, 0.6) is 0 Å². The van der Waals surface area contributed by atoms with Crippen LogP contribution >= 0.6 is 0 Å². The number of hydrogen-bond donors (Lipinski definition) is 12. The molecule has 19 nitrogen and oxygen atoms in total. The molecule has 0 saturated carbocycles. The number of ether oxygens (including phenoxy) is 6. The fourth-order valence-electron chi connectivity index (χ4n) is 15.2. The summed E-state index contributed by atoms with van der Waals surface area (Å²) in [5, 5.41) is 121. The lowest BCUT2D eigenvalue weighted by Gasteiger charge is -2.48. The van der Waals surface area contributed by atoms with E-state index in [-0.39, 0.29) is 18.9 Å². The highest BCUT2D eigenvalue weighted by atomic mass is 16.8. The zero-order chi connectivity index (χ0) is 81.0. The fourth-order valence-corrected chi connectivity index (χ4v) is 15.2. The maximum absolute atomic E-state index is 13.5. The van der Waals surface area contributed by atoms with Crippen molar-refractivity contribution in [3.05, 3.63) is 85.1 Å². The van der Waals surface area contributed by atoms with Crippen molar-refractivity contribution >= 4 is 5.91 Å². The monoisotopic (exact) mass is 1590 g/mol. The molecule has 3 aliphatic heterocycles. The number of rotatable bonds is 74. The molecule has 3 aliphatic rings. The Balaban J connectivity index is 1.33. The van der Waals surface area contributed by atoms with Gasteiger partial charge in [0.1, 0.15) is 73.2 Å². The Morgan fingerprint density at radius 1 is 0.330 bits per heavy atom. The smallest absolute Gasteiger partial charge is 0.220 e. The topological polar surface area (TPSA) is 307 Å². The van der Waals surface area contributed by atoms with Gasteiger partial charge in [-0.15, -0.1) is 0 Å². The second-order valence-corrected chi connectivity index (χ2v) is 32.4. The number of carbonyl (C=O) groups is 1. The molecule has 112 heavy (non-hydrogen) atoms. The lowest BCUT2D eigenvalue weighted by atomic mass is 9.96. The zero-order valence-electron chi connectivity index (χ0n) is 70.4. The molecule has 3 saturated heterocycles. The van der Waals surface area contributed by atoms with E-state index in [1.807, 2.05) is 6.08 Å². The number of carbonyl (C=O) groups excluding carboxylic acids is 1. The summed E-state index contributed by atoms with van der Waals surface area (Å²) in [6, 6.07) is -1.00. The van der Waals surface area contributed by atoms with E-state index in [1.165, 1.54) is 263 Å². The molecule has 0 aromatic carbocycles. The Labute approximate surface area is 680 Å². The molecule has 19 heteroatoms. The molecule has 17 atom stereocenters. The van der Waals surface area contributed by atoms with Gasteiger partial charge in [-0.3, -0.25) is 4.79 Å². The normalized spacial score (nSPS) is 25.3. The lowest BCUT2D eigenvalue weighted by molar-refractivity contribution is -0.379.